The molecule has 3 N–H and O–H groups in total. The van der Waals surface area contributed by atoms with Crippen molar-refractivity contribution in [3.05, 3.63) is 36.0 Å². The van der Waals surface area contributed by atoms with Crippen LogP contribution in [0.25, 0.3) is 10.9 Å². The maximum atomic E-state index is 3.40. The van der Waals surface area contributed by atoms with E-state index in [4.69, 9.17) is 0 Å². The largest absolute Gasteiger partial charge is 0.357 e. The average molecular weight is 217 g/mol. The van der Waals surface area contributed by atoms with Crippen LogP contribution in [-0.2, 0) is 6.54 Å². The van der Waals surface area contributed by atoms with E-state index in [0.717, 1.165) is 26.2 Å². The van der Waals surface area contributed by atoms with E-state index in [1.807, 2.05) is 0 Å². The van der Waals surface area contributed by atoms with Crippen molar-refractivity contribution in [3.8, 4) is 0 Å². The summed E-state index contributed by atoms with van der Waals surface area (Å²) in [6.07, 6.45) is 0. The summed E-state index contributed by atoms with van der Waals surface area (Å²) in [6, 6.07) is 10.6. The van der Waals surface area contributed by atoms with Crippen molar-refractivity contribution in [2.24, 2.45) is 0 Å². The zero-order valence-electron chi connectivity index (χ0n) is 9.72. The summed E-state index contributed by atoms with van der Waals surface area (Å²) in [5, 5.41) is 7.98. The number of para-hydroxylation sites is 1. The maximum Gasteiger partial charge on any atom is 0.0456 e. The normalized spacial score (nSPS) is 11.1. The number of fused-ring (bicyclic) bond motifs is 1. The van der Waals surface area contributed by atoms with E-state index < -0.39 is 0 Å². The lowest BCUT2D eigenvalue weighted by Crippen LogP contribution is -2.26. The molecule has 0 saturated carbocycles. The van der Waals surface area contributed by atoms with Gasteiger partial charge < -0.3 is 15.6 Å². The van der Waals surface area contributed by atoms with Crippen molar-refractivity contribution >= 4 is 10.9 Å². The third kappa shape index (κ3) is 2.84. The molecule has 3 nitrogen and oxygen atoms in total. The van der Waals surface area contributed by atoms with Crippen molar-refractivity contribution < 1.29 is 0 Å². The van der Waals surface area contributed by atoms with Crippen molar-refractivity contribution in [2.45, 2.75) is 13.5 Å². The van der Waals surface area contributed by atoms with Gasteiger partial charge >= 0.3 is 0 Å². The van der Waals surface area contributed by atoms with Crippen LogP contribution >= 0.6 is 0 Å². The molecule has 0 aliphatic heterocycles. The summed E-state index contributed by atoms with van der Waals surface area (Å²) in [5.74, 6) is 0. The molecule has 3 heteroatoms. The molecular formula is C13H19N3. The summed E-state index contributed by atoms with van der Waals surface area (Å²) in [6.45, 7) is 6.09. The molecule has 2 rings (SSSR count). The minimum atomic E-state index is 0.903. The van der Waals surface area contributed by atoms with Gasteiger partial charge in [-0.2, -0.15) is 0 Å². The van der Waals surface area contributed by atoms with Gasteiger partial charge in [0.25, 0.3) is 0 Å². The summed E-state index contributed by atoms with van der Waals surface area (Å²) in [4.78, 5) is 3.40. The molecule has 1 aromatic carbocycles. The van der Waals surface area contributed by atoms with Gasteiger partial charge in [-0.25, -0.2) is 0 Å². The number of likely N-dealkylation sites (N-methyl/N-ethyl adjacent to an activating group) is 1. The van der Waals surface area contributed by atoms with Crippen LogP contribution in [0.15, 0.2) is 30.3 Å². The summed E-state index contributed by atoms with van der Waals surface area (Å²) in [7, 11) is 0. The fourth-order valence-corrected chi connectivity index (χ4v) is 1.81. The van der Waals surface area contributed by atoms with Gasteiger partial charge in [-0.1, -0.05) is 25.1 Å². The van der Waals surface area contributed by atoms with Crippen LogP contribution in [0, 0.1) is 0 Å². The summed E-state index contributed by atoms with van der Waals surface area (Å²) >= 11 is 0. The van der Waals surface area contributed by atoms with Crippen LogP contribution in [0.3, 0.4) is 0 Å². The van der Waals surface area contributed by atoms with Crippen LogP contribution in [-0.4, -0.2) is 24.6 Å². The number of H-pyrrole nitrogens is 1. The van der Waals surface area contributed by atoms with E-state index in [1.54, 1.807) is 0 Å². The average Bonchev–Trinajstić information content (AvgIpc) is 2.71. The van der Waals surface area contributed by atoms with Gasteiger partial charge in [-0.15, -0.1) is 0 Å². The Kier molecular flexibility index (Phi) is 3.97. The van der Waals surface area contributed by atoms with Crippen molar-refractivity contribution in [2.75, 3.05) is 19.6 Å². The Morgan fingerprint density at radius 1 is 1.12 bits per heavy atom. The first-order chi connectivity index (χ1) is 7.90. The molecule has 1 heterocycles. The van der Waals surface area contributed by atoms with Crippen LogP contribution < -0.4 is 10.6 Å². The Hall–Kier alpha value is -1.32. The fourth-order valence-electron chi connectivity index (χ4n) is 1.81. The third-order valence-electron chi connectivity index (χ3n) is 2.63. The second kappa shape index (κ2) is 5.68. The minimum Gasteiger partial charge on any atom is -0.357 e. The molecule has 2 aromatic rings. The highest BCUT2D eigenvalue weighted by Gasteiger charge is 1.98. The molecule has 16 heavy (non-hydrogen) atoms. The molecule has 0 saturated heterocycles. The second-order valence-corrected chi connectivity index (χ2v) is 3.91. The molecule has 86 valence electrons. The maximum absolute atomic E-state index is 3.40. The standard InChI is InChI=1S/C13H19N3/c1-2-14-7-8-15-10-12-9-11-5-3-4-6-13(11)16-12/h3-6,9,14-16H,2,7-8,10H2,1H3. The first-order valence-corrected chi connectivity index (χ1v) is 5.88. The van der Waals surface area contributed by atoms with Crippen molar-refractivity contribution in [1.29, 1.82) is 0 Å². The second-order valence-electron chi connectivity index (χ2n) is 3.91. The molecule has 0 amide bonds. The van der Waals surface area contributed by atoms with E-state index in [0.29, 0.717) is 0 Å². The number of rotatable bonds is 6. The lowest BCUT2D eigenvalue weighted by atomic mass is 10.2. The quantitative estimate of drug-likeness (QED) is 0.646. The van der Waals surface area contributed by atoms with E-state index in [-0.39, 0.29) is 0 Å². The van der Waals surface area contributed by atoms with Gasteiger partial charge in [0, 0.05) is 30.8 Å². The zero-order valence-corrected chi connectivity index (χ0v) is 9.72. The van der Waals surface area contributed by atoms with Crippen LogP contribution in [0.5, 0.6) is 0 Å². The Morgan fingerprint density at radius 2 is 1.94 bits per heavy atom. The topological polar surface area (TPSA) is 39.8 Å². The Morgan fingerprint density at radius 3 is 2.75 bits per heavy atom. The fraction of sp³-hybridized carbons (Fsp3) is 0.385. The number of nitrogens with one attached hydrogen (secondary N) is 3. The summed E-state index contributed by atoms with van der Waals surface area (Å²) < 4.78 is 0. The first kappa shape index (κ1) is 11.2. The number of hydrogen-bond donors (Lipinski definition) is 3. The third-order valence-corrected chi connectivity index (χ3v) is 2.63. The highest BCUT2D eigenvalue weighted by Crippen LogP contribution is 2.14. The molecule has 0 aliphatic carbocycles. The molecule has 0 atom stereocenters. The van der Waals surface area contributed by atoms with E-state index in [9.17, 15) is 0 Å². The number of hydrogen-bond acceptors (Lipinski definition) is 2. The summed E-state index contributed by atoms with van der Waals surface area (Å²) in [5.41, 5.74) is 2.46. The van der Waals surface area contributed by atoms with Gasteiger partial charge in [0.1, 0.15) is 0 Å². The van der Waals surface area contributed by atoms with E-state index in [1.165, 1.54) is 16.6 Å². The van der Waals surface area contributed by atoms with Gasteiger partial charge in [-0.3, -0.25) is 0 Å². The van der Waals surface area contributed by atoms with Crippen molar-refractivity contribution in [3.63, 3.8) is 0 Å². The Balaban J connectivity index is 1.85. The molecule has 0 spiro atoms. The zero-order chi connectivity index (χ0) is 11.2. The number of aromatic amines is 1. The van der Waals surface area contributed by atoms with Gasteiger partial charge in [0.05, 0.1) is 0 Å². The molecule has 1 aromatic heterocycles. The minimum absolute atomic E-state index is 0.903. The van der Waals surface area contributed by atoms with E-state index in [2.05, 4.69) is 52.9 Å². The van der Waals surface area contributed by atoms with Gasteiger partial charge in [0.2, 0.25) is 0 Å². The van der Waals surface area contributed by atoms with Crippen LogP contribution in [0.1, 0.15) is 12.6 Å². The highest BCUT2D eigenvalue weighted by molar-refractivity contribution is 5.80. The molecule has 0 bridgehead atoms. The SMILES string of the molecule is CCNCCNCc1cc2ccccc2[nH]1. The van der Waals surface area contributed by atoms with E-state index >= 15 is 0 Å². The Bertz CT molecular complexity index is 400. The van der Waals surface area contributed by atoms with Gasteiger partial charge in [-0.05, 0) is 24.1 Å². The lowest BCUT2D eigenvalue weighted by molar-refractivity contribution is 0.620. The lowest BCUT2D eigenvalue weighted by Gasteiger charge is -2.03. The number of aromatic nitrogens is 1. The van der Waals surface area contributed by atoms with Crippen molar-refractivity contribution in [1.82, 2.24) is 15.6 Å². The molecule has 0 fully saturated rings. The van der Waals surface area contributed by atoms with Crippen LogP contribution in [0.4, 0.5) is 0 Å². The predicted molar refractivity (Wildman–Crippen MR) is 68.5 cm³/mol. The highest BCUT2D eigenvalue weighted by atomic mass is 14.9. The molecule has 0 radical (unpaired) electrons. The molecule has 0 unspecified atom stereocenters. The molecular weight excluding hydrogens is 198 g/mol. The van der Waals surface area contributed by atoms with Crippen LogP contribution in [0.2, 0.25) is 0 Å². The monoisotopic (exact) mass is 217 g/mol. The predicted octanol–water partition coefficient (Wildman–Crippen LogP) is 1.87. The Labute approximate surface area is 96.2 Å². The smallest absolute Gasteiger partial charge is 0.0456 e. The molecule has 0 aliphatic rings. The first-order valence-electron chi connectivity index (χ1n) is 5.88. The van der Waals surface area contributed by atoms with Gasteiger partial charge in [0.15, 0.2) is 0 Å². The number of benzene rings is 1.